The van der Waals surface area contributed by atoms with E-state index >= 15 is 0 Å². The normalized spacial score (nSPS) is 10.2. The van der Waals surface area contributed by atoms with Gasteiger partial charge in [-0.05, 0) is 44.0 Å². The predicted molar refractivity (Wildman–Crippen MR) is 64.3 cm³/mol. The Morgan fingerprint density at radius 1 is 1.20 bits per heavy atom. The van der Waals surface area contributed by atoms with Crippen molar-refractivity contribution < 1.29 is 0 Å². The van der Waals surface area contributed by atoms with Crippen molar-refractivity contribution in [3.05, 3.63) is 33.0 Å². The van der Waals surface area contributed by atoms with Crippen LogP contribution in [0.3, 0.4) is 0 Å². The largest absolute Gasteiger partial charge is 0.253 e. The van der Waals surface area contributed by atoms with Gasteiger partial charge in [-0.15, -0.1) is 0 Å². The molecule has 0 aliphatic heterocycles. The maximum Gasteiger partial charge on any atom is 0.0902 e. The van der Waals surface area contributed by atoms with Crippen LogP contribution < -0.4 is 0 Å². The Bertz CT molecular complexity index is 560. The first-order chi connectivity index (χ1) is 7.20. The lowest BCUT2D eigenvalue weighted by atomic mass is 10.3. The number of hydrogen-bond donors (Lipinski definition) is 0. The van der Waals surface area contributed by atoms with Crippen molar-refractivity contribution >= 4 is 42.9 Å². The molecular formula is C10H5Br2N3. The van der Waals surface area contributed by atoms with Gasteiger partial charge >= 0.3 is 0 Å². The summed E-state index contributed by atoms with van der Waals surface area (Å²) >= 11 is 6.80. The summed E-state index contributed by atoms with van der Waals surface area (Å²) in [6.07, 6.45) is 1.92. The predicted octanol–water partition coefficient (Wildman–Crippen LogP) is 3.22. The number of rotatable bonds is 1. The molecule has 3 nitrogen and oxygen atoms in total. The molecule has 0 saturated heterocycles. The number of benzene rings is 1. The molecule has 0 aliphatic rings. The zero-order valence-electron chi connectivity index (χ0n) is 7.54. The van der Waals surface area contributed by atoms with Gasteiger partial charge in [0.15, 0.2) is 0 Å². The first-order valence-electron chi connectivity index (χ1n) is 4.18. The van der Waals surface area contributed by atoms with Crippen molar-refractivity contribution in [2.75, 3.05) is 0 Å². The maximum atomic E-state index is 8.56. The van der Waals surface area contributed by atoms with Crippen LogP contribution in [0.2, 0.25) is 0 Å². The summed E-state index contributed by atoms with van der Waals surface area (Å²) < 4.78 is 1.87. The van der Waals surface area contributed by atoms with Crippen LogP contribution >= 0.6 is 31.9 Å². The Balaban J connectivity index is 2.62. The van der Waals surface area contributed by atoms with E-state index in [4.69, 9.17) is 5.26 Å². The number of halogens is 2. The lowest BCUT2D eigenvalue weighted by molar-refractivity contribution is 1.11. The monoisotopic (exact) mass is 325 g/mol. The van der Waals surface area contributed by atoms with E-state index in [1.54, 1.807) is 6.20 Å². The molecule has 1 heterocycles. The van der Waals surface area contributed by atoms with Crippen LogP contribution in [0.5, 0.6) is 0 Å². The zero-order valence-corrected chi connectivity index (χ0v) is 10.7. The molecule has 0 saturated carbocycles. The van der Waals surface area contributed by atoms with E-state index < -0.39 is 0 Å². The summed E-state index contributed by atoms with van der Waals surface area (Å²) in [5.74, 6) is 0. The molecule has 0 amide bonds. The molecule has 0 aliphatic carbocycles. The van der Waals surface area contributed by atoms with Crippen molar-refractivity contribution in [1.82, 2.24) is 9.97 Å². The lowest BCUT2D eigenvalue weighted by Gasteiger charge is -2.01. The summed E-state index contributed by atoms with van der Waals surface area (Å²) in [5, 5.41) is 8.56. The third kappa shape index (κ3) is 2.16. The molecule has 0 bridgehead atoms. The van der Waals surface area contributed by atoms with Gasteiger partial charge in [-0.3, -0.25) is 4.98 Å². The van der Waals surface area contributed by atoms with Gasteiger partial charge in [0.25, 0.3) is 0 Å². The van der Waals surface area contributed by atoms with E-state index in [-0.39, 0.29) is 6.42 Å². The molecule has 2 rings (SSSR count). The highest BCUT2D eigenvalue weighted by atomic mass is 79.9. The minimum Gasteiger partial charge on any atom is -0.253 e. The van der Waals surface area contributed by atoms with Crippen molar-refractivity contribution in [1.29, 1.82) is 5.26 Å². The van der Waals surface area contributed by atoms with Crippen molar-refractivity contribution in [2.24, 2.45) is 0 Å². The third-order valence-corrected chi connectivity index (χ3v) is 3.74. The highest BCUT2D eigenvalue weighted by molar-refractivity contribution is 9.13. The Hall–Kier alpha value is -0.990. The average Bonchev–Trinajstić information content (AvgIpc) is 2.21. The SMILES string of the molecule is N#CCc1cnc2cc(Br)c(Br)cc2n1. The van der Waals surface area contributed by atoms with Gasteiger partial charge < -0.3 is 0 Å². The Morgan fingerprint density at radius 2 is 1.87 bits per heavy atom. The molecule has 2 aromatic rings. The topological polar surface area (TPSA) is 49.6 Å². The van der Waals surface area contributed by atoms with E-state index in [0.717, 1.165) is 20.0 Å². The van der Waals surface area contributed by atoms with Gasteiger partial charge in [0.05, 0.1) is 35.4 Å². The van der Waals surface area contributed by atoms with E-state index in [2.05, 4.69) is 47.9 Å². The van der Waals surface area contributed by atoms with Crippen molar-refractivity contribution in [3.8, 4) is 6.07 Å². The van der Waals surface area contributed by atoms with Gasteiger partial charge in [0.1, 0.15) is 0 Å². The van der Waals surface area contributed by atoms with Crippen molar-refractivity contribution in [3.63, 3.8) is 0 Å². The summed E-state index contributed by atoms with van der Waals surface area (Å²) in [5.41, 5.74) is 2.30. The molecule has 0 fully saturated rings. The van der Waals surface area contributed by atoms with E-state index in [0.29, 0.717) is 5.69 Å². The summed E-state index contributed by atoms with van der Waals surface area (Å²) in [4.78, 5) is 8.57. The van der Waals surface area contributed by atoms with Gasteiger partial charge in [0.2, 0.25) is 0 Å². The lowest BCUT2D eigenvalue weighted by Crippen LogP contribution is -1.91. The molecule has 74 valence electrons. The number of hydrogen-bond acceptors (Lipinski definition) is 3. The van der Waals surface area contributed by atoms with Crippen molar-refractivity contribution in [2.45, 2.75) is 6.42 Å². The van der Waals surface area contributed by atoms with Crippen LogP contribution in [0.15, 0.2) is 27.3 Å². The molecule has 15 heavy (non-hydrogen) atoms. The fraction of sp³-hybridized carbons (Fsp3) is 0.100. The fourth-order valence-electron chi connectivity index (χ4n) is 1.21. The first-order valence-corrected chi connectivity index (χ1v) is 5.77. The second-order valence-corrected chi connectivity index (χ2v) is 4.66. The van der Waals surface area contributed by atoms with E-state index in [1.807, 2.05) is 12.1 Å². The zero-order chi connectivity index (χ0) is 10.8. The molecule has 0 N–H and O–H groups in total. The average molecular weight is 327 g/mol. The molecule has 1 aromatic carbocycles. The molecule has 0 spiro atoms. The summed E-state index contributed by atoms with van der Waals surface area (Å²) in [6, 6.07) is 5.82. The van der Waals surface area contributed by atoms with Gasteiger partial charge in [-0.1, -0.05) is 0 Å². The maximum absolute atomic E-state index is 8.56. The summed E-state index contributed by atoms with van der Waals surface area (Å²) in [7, 11) is 0. The Morgan fingerprint density at radius 3 is 2.53 bits per heavy atom. The van der Waals surface area contributed by atoms with Crippen LogP contribution in [0.1, 0.15) is 5.69 Å². The second kappa shape index (κ2) is 4.25. The highest BCUT2D eigenvalue weighted by Crippen LogP contribution is 2.26. The minimum atomic E-state index is 0.288. The third-order valence-electron chi connectivity index (χ3n) is 1.89. The van der Waals surface area contributed by atoms with Crippen LogP contribution in [-0.2, 0) is 6.42 Å². The second-order valence-electron chi connectivity index (χ2n) is 2.95. The molecular weight excluding hydrogens is 322 g/mol. The molecule has 0 radical (unpaired) electrons. The van der Waals surface area contributed by atoms with Gasteiger partial charge in [-0.25, -0.2) is 4.98 Å². The van der Waals surface area contributed by atoms with E-state index in [9.17, 15) is 0 Å². The van der Waals surface area contributed by atoms with Crippen LogP contribution in [0, 0.1) is 11.3 Å². The number of aromatic nitrogens is 2. The molecule has 0 unspecified atom stereocenters. The van der Waals surface area contributed by atoms with Crippen LogP contribution in [0.25, 0.3) is 11.0 Å². The minimum absolute atomic E-state index is 0.288. The van der Waals surface area contributed by atoms with Gasteiger partial charge in [-0.2, -0.15) is 5.26 Å². The quantitative estimate of drug-likeness (QED) is 0.808. The van der Waals surface area contributed by atoms with Gasteiger partial charge in [0, 0.05) is 8.95 Å². The fourth-order valence-corrected chi connectivity index (χ4v) is 1.88. The Labute approximate surface area is 103 Å². The van der Waals surface area contributed by atoms with Crippen LogP contribution in [0.4, 0.5) is 0 Å². The summed E-state index contributed by atoms with van der Waals surface area (Å²) in [6.45, 7) is 0. The number of nitrogens with zero attached hydrogens (tertiary/aromatic N) is 3. The van der Waals surface area contributed by atoms with Crippen LogP contribution in [-0.4, -0.2) is 9.97 Å². The standard InChI is InChI=1S/C10H5Br2N3/c11-7-3-9-10(4-8(7)12)15-6(1-2-13)5-14-9/h3-5H,1H2. The highest BCUT2D eigenvalue weighted by Gasteiger charge is 2.03. The molecule has 1 aromatic heterocycles. The number of fused-ring (bicyclic) bond motifs is 1. The number of nitriles is 1. The smallest absolute Gasteiger partial charge is 0.0902 e. The molecule has 0 atom stereocenters. The molecule has 5 heteroatoms. The first kappa shape index (κ1) is 10.5. The Kier molecular flexibility index (Phi) is 2.98. The van der Waals surface area contributed by atoms with E-state index in [1.165, 1.54) is 0 Å².